The molecule has 3 nitrogen and oxygen atoms in total. The Morgan fingerprint density at radius 3 is 2.50 bits per heavy atom. The van der Waals surface area contributed by atoms with E-state index in [4.69, 9.17) is 0 Å². The molecule has 88 valence electrons. The quantitative estimate of drug-likeness (QED) is 0.554. The van der Waals surface area contributed by atoms with E-state index in [1.807, 2.05) is 0 Å². The van der Waals surface area contributed by atoms with Gasteiger partial charge < -0.3 is 0 Å². The maximum absolute atomic E-state index is 10.9. The van der Waals surface area contributed by atoms with Crippen molar-refractivity contribution >= 4 is 5.78 Å². The van der Waals surface area contributed by atoms with Crippen molar-refractivity contribution in [1.82, 2.24) is 5.06 Å². The second kappa shape index (κ2) is 7.01. The second-order valence-electron chi connectivity index (χ2n) is 3.92. The number of allylic oxidation sites excluding steroid dienone is 5. The average Bonchev–Trinajstić information content (AvgIpc) is 2.28. The lowest BCUT2D eigenvalue weighted by Gasteiger charge is -2.13. The molecule has 0 spiro atoms. The van der Waals surface area contributed by atoms with Crippen LogP contribution in [0, 0.1) is 0 Å². The van der Waals surface area contributed by atoms with Gasteiger partial charge in [0.2, 0.25) is 0 Å². The second-order valence-corrected chi connectivity index (χ2v) is 3.92. The number of rotatable bonds is 6. The van der Waals surface area contributed by atoms with Crippen molar-refractivity contribution in [3.63, 3.8) is 0 Å². The number of hydroxylamine groups is 2. The van der Waals surface area contributed by atoms with Crippen molar-refractivity contribution in [3.05, 3.63) is 36.1 Å². The summed E-state index contributed by atoms with van der Waals surface area (Å²) in [6.07, 6.45) is 12.6. The normalized spacial score (nSPS) is 14.4. The molecule has 0 radical (unpaired) electrons. The first-order valence-corrected chi connectivity index (χ1v) is 5.80. The van der Waals surface area contributed by atoms with E-state index >= 15 is 0 Å². The summed E-state index contributed by atoms with van der Waals surface area (Å²) in [4.78, 5) is 10.9. The number of ketones is 1. The minimum atomic E-state index is -0.00964. The SMILES string of the molecule is CCCCCCN(O)C=C1C=CC(=O)C=C1. The van der Waals surface area contributed by atoms with Crippen LogP contribution in [0.3, 0.4) is 0 Å². The largest absolute Gasteiger partial charge is 0.290 e. The number of nitrogens with zero attached hydrogens (tertiary/aromatic N) is 1. The number of carbonyl (C=O) groups is 1. The number of hydrogen-bond acceptors (Lipinski definition) is 3. The highest BCUT2D eigenvalue weighted by Crippen LogP contribution is 2.07. The van der Waals surface area contributed by atoms with E-state index in [-0.39, 0.29) is 5.78 Å². The van der Waals surface area contributed by atoms with Gasteiger partial charge in [-0.25, -0.2) is 0 Å². The molecule has 0 aromatic carbocycles. The molecule has 0 aliphatic heterocycles. The zero-order chi connectivity index (χ0) is 11.8. The number of hydrogen-bond donors (Lipinski definition) is 1. The van der Waals surface area contributed by atoms with Gasteiger partial charge in [0.15, 0.2) is 5.78 Å². The molecule has 0 fully saturated rings. The lowest BCUT2D eigenvalue weighted by atomic mass is 10.1. The predicted molar refractivity (Wildman–Crippen MR) is 64.0 cm³/mol. The van der Waals surface area contributed by atoms with Crippen molar-refractivity contribution in [1.29, 1.82) is 0 Å². The van der Waals surface area contributed by atoms with Crippen LogP contribution in [0.15, 0.2) is 36.1 Å². The van der Waals surface area contributed by atoms with Crippen LogP contribution in [0.2, 0.25) is 0 Å². The minimum absolute atomic E-state index is 0.00964. The molecule has 1 rings (SSSR count). The zero-order valence-electron chi connectivity index (χ0n) is 9.72. The third kappa shape index (κ3) is 4.94. The summed E-state index contributed by atoms with van der Waals surface area (Å²) < 4.78 is 0. The molecule has 1 aliphatic carbocycles. The van der Waals surface area contributed by atoms with E-state index in [9.17, 15) is 10.0 Å². The average molecular weight is 221 g/mol. The Bertz CT molecular complexity index is 298. The van der Waals surface area contributed by atoms with Crippen molar-refractivity contribution in [2.75, 3.05) is 6.54 Å². The summed E-state index contributed by atoms with van der Waals surface area (Å²) in [6.45, 7) is 2.80. The van der Waals surface area contributed by atoms with Crippen LogP contribution in [0.5, 0.6) is 0 Å². The summed E-state index contributed by atoms with van der Waals surface area (Å²) in [5.41, 5.74) is 0.845. The van der Waals surface area contributed by atoms with E-state index in [1.165, 1.54) is 30.1 Å². The van der Waals surface area contributed by atoms with E-state index in [0.717, 1.165) is 18.4 Å². The molecule has 0 amide bonds. The summed E-state index contributed by atoms with van der Waals surface area (Å²) in [5, 5.41) is 10.8. The molecular formula is C13H19NO2. The van der Waals surface area contributed by atoms with E-state index in [0.29, 0.717) is 6.54 Å². The Labute approximate surface area is 96.7 Å². The lowest BCUT2D eigenvalue weighted by molar-refractivity contribution is -0.110. The summed E-state index contributed by atoms with van der Waals surface area (Å²) in [6, 6.07) is 0. The van der Waals surface area contributed by atoms with E-state index in [2.05, 4.69) is 6.92 Å². The fourth-order valence-electron chi connectivity index (χ4n) is 1.49. The molecule has 1 aliphatic rings. The Morgan fingerprint density at radius 1 is 1.19 bits per heavy atom. The van der Waals surface area contributed by atoms with Gasteiger partial charge in [0.1, 0.15) is 0 Å². The standard InChI is InChI=1S/C13H19NO2/c1-2-3-4-5-10-14(16)11-12-6-8-13(15)9-7-12/h6-9,11,16H,2-5,10H2,1H3. The molecule has 0 heterocycles. The van der Waals surface area contributed by atoms with Crippen LogP contribution in [-0.2, 0) is 4.79 Å². The predicted octanol–water partition coefficient (Wildman–Crippen LogP) is 2.84. The molecule has 0 aromatic heterocycles. The van der Waals surface area contributed by atoms with Crippen LogP contribution in [-0.4, -0.2) is 22.6 Å². The van der Waals surface area contributed by atoms with Crippen molar-refractivity contribution in [2.24, 2.45) is 0 Å². The van der Waals surface area contributed by atoms with E-state index < -0.39 is 0 Å². The van der Waals surface area contributed by atoms with Gasteiger partial charge in [0.05, 0.1) is 0 Å². The minimum Gasteiger partial charge on any atom is -0.290 e. The van der Waals surface area contributed by atoms with Gasteiger partial charge >= 0.3 is 0 Å². The molecule has 0 saturated carbocycles. The molecule has 0 bridgehead atoms. The Morgan fingerprint density at radius 2 is 1.88 bits per heavy atom. The molecule has 0 aromatic rings. The Balaban J connectivity index is 2.30. The summed E-state index contributed by atoms with van der Waals surface area (Å²) in [5.74, 6) is -0.00964. The fraction of sp³-hybridized carbons (Fsp3) is 0.462. The first-order valence-electron chi connectivity index (χ1n) is 5.80. The van der Waals surface area contributed by atoms with Crippen molar-refractivity contribution in [3.8, 4) is 0 Å². The van der Waals surface area contributed by atoms with Gasteiger partial charge in [-0.15, -0.1) is 0 Å². The molecule has 0 saturated heterocycles. The Kier molecular flexibility index (Phi) is 5.57. The number of carbonyl (C=O) groups excluding carboxylic acids is 1. The monoisotopic (exact) mass is 221 g/mol. The van der Waals surface area contributed by atoms with Gasteiger partial charge in [-0.05, 0) is 36.3 Å². The first-order chi connectivity index (χ1) is 7.72. The van der Waals surface area contributed by atoms with Crippen LogP contribution in [0.1, 0.15) is 32.6 Å². The van der Waals surface area contributed by atoms with Gasteiger partial charge in [-0.1, -0.05) is 26.2 Å². The van der Waals surface area contributed by atoms with Gasteiger partial charge in [-0.2, -0.15) is 0 Å². The maximum Gasteiger partial charge on any atom is 0.178 e. The maximum atomic E-state index is 10.9. The Hall–Kier alpha value is -1.35. The highest BCUT2D eigenvalue weighted by Gasteiger charge is 2.00. The van der Waals surface area contributed by atoms with Crippen molar-refractivity contribution < 1.29 is 10.0 Å². The zero-order valence-corrected chi connectivity index (χ0v) is 9.72. The van der Waals surface area contributed by atoms with Crippen LogP contribution < -0.4 is 0 Å². The fourth-order valence-corrected chi connectivity index (χ4v) is 1.49. The molecule has 16 heavy (non-hydrogen) atoms. The van der Waals surface area contributed by atoms with Crippen LogP contribution in [0.25, 0.3) is 0 Å². The third-order valence-electron chi connectivity index (χ3n) is 2.42. The topological polar surface area (TPSA) is 40.5 Å². The van der Waals surface area contributed by atoms with Gasteiger partial charge in [-0.3, -0.25) is 15.1 Å². The molecular weight excluding hydrogens is 202 g/mol. The van der Waals surface area contributed by atoms with Crippen molar-refractivity contribution in [2.45, 2.75) is 32.6 Å². The summed E-state index contributed by atoms with van der Waals surface area (Å²) >= 11 is 0. The molecule has 1 N–H and O–H groups in total. The van der Waals surface area contributed by atoms with Crippen LogP contribution >= 0.6 is 0 Å². The number of unbranched alkanes of at least 4 members (excludes halogenated alkanes) is 3. The molecule has 3 heteroatoms. The lowest BCUT2D eigenvalue weighted by Crippen LogP contribution is -2.14. The molecule has 0 unspecified atom stereocenters. The van der Waals surface area contributed by atoms with E-state index in [1.54, 1.807) is 18.4 Å². The summed E-state index contributed by atoms with van der Waals surface area (Å²) in [7, 11) is 0. The van der Waals surface area contributed by atoms with Crippen LogP contribution in [0.4, 0.5) is 0 Å². The van der Waals surface area contributed by atoms with Gasteiger partial charge in [0.25, 0.3) is 0 Å². The highest BCUT2D eigenvalue weighted by atomic mass is 16.5. The third-order valence-corrected chi connectivity index (χ3v) is 2.42. The first kappa shape index (κ1) is 12.7. The van der Waals surface area contributed by atoms with Gasteiger partial charge in [0, 0.05) is 12.7 Å². The smallest absolute Gasteiger partial charge is 0.178 e. The highest BCUT2D eigenvalue weighted by molar-refractivity contribution is 6.01. The molecule has 0 atom stereocenters.